The van der Waals surface area contributed by atoms with Crippen molar-refractivity contribution in [2.45, 2.75) is 136 Å². The summed E-state index contributed by atoms with van der Waals surface area (Å²) in [6.45, 7) is 5.40. The molecule has 2 atom stereocenters. The van der Waals surface area contributed by atoms with Gasteiger partial charge in [0.05, 0.1) is 0 Å². The van der Waals surface area contributed by atoms with Crippen LogP contribution in [-0.4, -0.2) is 36.1 Å². The zero-order valence-corrected chi connectivity index (χ0v) is 24.4. The van der Waals surface area contributed by atoms with E-state index in [4.69, 9.17) is 21.5 Å². The number of hydrogen-bond donors (Lipinski definition) is 1. The number of hydrogen-bond acceptors (Lipinski definition) is 4. The number of allylic oxidation sites excluding steroid dienone is 2. The Kier molecular flexibility index (Phi) is 20.2. The summed E-state index contributed by atoms with van der Waals surface area (Å²) in [4.78, 5) is 0. The van der Waals surface area contributed by atoms with Crippen LogP contribution in [0.2, 0.25) is 4.44 Å². The molecule has 0 aromatic heterocycles. The number of rotatable bonds is 23. The molecule has 0 spiro atoms. The molecule has 0 amide bonds. The van der Waals surface area contributed by atoms with Gasteiger partial charge in [0.2, 0.25) is 0 Å². The number of thiol groups is 1. The molecule has 1 fully saturated rings. The van der Waals surface area contributed by atoms with E-state index in [2.05, 4.69) is 26.0 Å². The summed E-state index contributed by atoms with van der Waals surface area (Å²) in [5.41, 5.74) is 0. The van der Waals surface area contributed by atoms with Crippen molar-refractivity contribution in [3.05, 3.63) is 12.2 Å². The van der Waals surface area contributed by atoms with E-state index in [0.29, 0.717) is 3.27 Å². The Bertz CT molecular complexity index is 403. The van der Waals surface area contributed by atoms with E-state index in [1.807, 2.05) is 0 Å². The van der Waals surface area contributed by atoms with Crippen LogP contribution in [0.1, 0.15) is 123 Å². The van der Waals surface area contributed by atoms with Gasteiger partial charge in [0.15, 0.2) is 0 Å². The third kappa shape index (κ3) is 17.7. The van der Waals surface area contributed by atoms with Crippen molar-refractivity contribution in [3.8, 4) is 0 Å². The second kappa shape index (κ2) is 20.7. The van der Waals surface area contributed by atoms with Gasteiger partial charge in [-0.1, -0.05) is 51.2 Å². The van der Waals surface area contributed by atoms with Gasteiger partial charge < -0.3 is 0 Å². The predicted octanol–water partition coefficient (Wildman–Crippen LogP) is 8.94. The molecular formula is C25H48O2S2Sn. The standard InChI is InChI=1S/C21H39O2S2.C4H9.Sn/c1-2-3-4-5-6-7-8-9-10-11-12-13-14-15-16-17-19-22-21(18-20-24)23-25-21;1-3-4-2;/h9-10,20,24H,2-8,11-19H2,1H3;1,3-4H2,2H3;/b10-9-;;. The van der Waals surface area contributed by atoms with Gasteiger partial charge in [0, 0.05) is 0 Å². The molecule has 1 aliphatic heterocycles. The summed E-state index contributed by atoms with van der Waals surface area (Å²) < 4.78 is 13.6. The maximum atomic E-state index is 6.05. The molecule has 1 aliphatic rings. The molecule has 0 N–H and O–H groups in total. The van der Waals surface area contributed by atoms with E-state index in [1.54, 1.807) is 0 Å². The van der Waals surface area contributed by atoms with Crippen LogP contribution in [0, 0.1) is 0 Å². The Balaban J connectivity index is 1.82. The molecule has 30 heavy (non-hydrogen) atoms. The molecule has 2 unspecified atom stereocenters. The van der Waals surface area contributed by atoms with Gasteiger partial charge >= 0.3 is 145 Å². The molecule has 0 aliphatic carbocycles. The average Bonchev–Trinajstić information content (AvgIpc) is 3.49. The van der Waals surface area contributed by atoms with Crippen LogP contribution in [0.3, 0.4) is 0 Å². The van der Waals surface area contributed by atoms with Gasteiger partial charge in [0.1, 0.15) is 0 Å². The minimum atomic E-state index is -0.368. The van der Waals surface area contributed by atoms with Gasteiger partial charge in [-0.25, -0.2) is 0 Å². The van der Waals surface area contributed by atoms with E-state index < -0.39 is 0 Å². The predicted molar refractivity (Wildman–Crippen MR) is 140 cm³/mol. The monoisotopic (exact) mass is 564 g/mol. The summed E-state index contributed by atoms with van der Waals surface area (Å²) in [6.07, 6.45) is 27.3. The Morgan fingerprint density at radius 3 is 1.93 bits per heavy atom. The number of ether oxygens (including phenoxy) is 1. The van der Waals surface area contributed by atoms with E-state index in [9.17, 15) is 0 Å². The van der Waals surface area contributed by atoms with Crippen molar-refractivity contribution in [2.24, 2.45) is 0 Å². The Labute approximate surface area is 208 Å². The van der Waals surface area contributed by atoms with Crippen molar-refractivity contribution in [1.29, 1.82) is 0 Å². The van der Waals surface area contributed by atoms with Crippen LogP contribution < -0.4 is 0 Å². The fourth-order valence-electron chi connectivity index (χ4n) is 3.55. The van der Waals surface area contributed by atoms with Crippen LogP contribution in [0.5, 0.6) is 0 Å². The molecule has 1 rings (SSSR count). The number of unbranched alkanes of at least 4 members (excludes halogenated alkanes) is 13. The first-order valence-corrected chi connectivity index (χ1v) is 17.7. The van der Waals surface area contributed by atoms with Gasteiger partial charge in [-0.15, -0.1) is 0 Å². The molecule has 0 aromatic rings. The van der Waals surface area contributed by atoms with E-state index in [0.717, 1.165) is 19.4 Å². The maximum absolute atomic E-state index is 6.05. The quantitative estimate of drug-likeness (QED) is 0.0335. The van der Waals surface area contributed by atoms with Gasteiger partial charge in [-0.05, 0) is 12.8 Å². The van der Waals surface area contributed by atoms with Crippen molar-refractivity contribution in [1.82, 2.24) is 0 Å². The van der Waals surface area contributed by atoms with E-state index >= 15 is 0 Å². The molecular weight excluding hydrogens is 515 g/mol. The van der Waals surface area contributed by atoms with Crippen LogP contribution in [0.25, 0.3) is 0 Å². The van der Waals surface area contributed by atoms with Gasteiger partial charge in [-0.3, -0.25) is 0 Å². The van der Waals surface area contributed by atoms with Gasteiger partial charge in [-0.2, -0.15) is 0 Å². The van der Waals surface area contributed by atoms with Crippen LogP contribution in [0.15, 0.2) is 12.2 Å². The first-order valence-electron chi connectivity index (χ1n) is 12.8. The zero-order valence-electron chi connectivity index (χ0n) is 19.8. The first kappa shape index (κ1) is 29.2. The molecule has 0 aromatic carbocycles. The summed E-state index contributed by atoms with van der Waals surface area (Å²) in [5, 5.41) is -0.318. The fraction of sp³-hybridized carbons (Fsp3) is 0.920. The van der Waals surface area contributed by atoms with Crippen molar-refractivity contribution >= 4 is 45.8 Å². The molecule has 0 saturated carbocycles. The van der Waals surface area contributed by atoms with Crippen LogP contribution in [-0.2, 0) is 8.92 Å². The molecule has 0 bridgehead atoms. The van der Waals surface area contributed by atoms with Crippen molar-refractivity contribution < 1.29 is 8.92 Å². The van der Waals surface area contributed by atoms with Crippen LogP contribution in [0.4, 0.5) is 0 Å². The van der Waals surface area contributed by atoms with Crippen molar-refractivity contribution in [2.75, 3.05) is 6.61 Å². The molecule has 1 heterocycles. The Morgan fingerprint density at radius 2 is 1.37 bits per heavy atom. The molecule has 176 valence electrons. The normalized spacial score (nSPS) is 19.6. The van der Waals surface area contributed by atoms with Crippen molar-refractivity contribution in [3.63, 3.8) is 0 Å². The minimum absolute atomic E-state index is 0.318. The summed E-state index contributed by atoms with van der Waals surface area (Å²) in [5.74, 6) is 0. The topological polar surface area (TPSA) is 21.8 Å². The third-order valence-electron chi connectivity index (χ3n) is 5.60. The molecule has 5 heteroatoms. The summed E-state index contributed by atoms with van der Waals surface area (Å²) in [6, 6.07) is 0. The van der Waals surface area contributed by atoms with Crippen LogP contribution >= 0.6 is 24.7 Å². The second-order valence-electron chi connectivity index (χ2n) is 8.66. The zero-order chi connectivity index (χ0) is 21.8. The van der Waals surface area contributed by atoms with E-state index in [-0.39, 0.29) is 26.3 Å². The van der Waals surface area contributed by atoms with Gasteiger partial charge in [0.25, 0.3) is 0 Å². The average molecular weight is 564 g/mol. The molecule has 1 saturated heterocycles. The first-order chi connectivity index (χ1) is 14.7. The molecule has 2 nitrogen and oxygen atoms in total. The second-order valence-corrected chi connectivity index (χ2v) is 16.2. The Hall–Kier alpha value is 1.16. The summed E-state index contributed by atoms with van der Waals surface area (Å²) in [7, 11) is 0. The summed E-state index contributed by atoms with van der Waals surface area (Å²) >= 11 is 5.95. The molecule has 2 radical (unpaired) electrons. The third-order valence-corrected chi connectivity index (χ3v) is 11.6. The fourth-order valence-corrected chi connectivity index (χ4v) is 9.50. The van der Waals surface area contributed by atoms with E-state index in [1.165, 1.54) is 113 Å². The Morgan fingerprint density at radius 1 is 0.833 bits per heavy atom. The SMILES string of the molecule is CCCCCCCC/C=C\CCCCCCCCOC1(C[CH](S)[Sn][CH2]CCC)OS1.